The molecule has 2 rings (SSSR count). The van der Waals surface area contributed by atoms with Crippen LogP contribution in [-0.4, -0.2) is 31.1 Å². The van der Waals surface area contributed by atoms with Crippen molar-refractivity contribution in [2.45, 2.75) is 12.0 Å². The Morgan fingerprint density at radius 1 is 1.36 bits per heavy atom. The highest BCUT2D eigenvalue weighted by molar-refractivity contribution is 6.31. The van der Waals surface area contributed by atoms with Gasteiger partial charge in [0.2, 0.25) is 0 Å². The summed E-state index contributed by atoms with van der Waals surface area (Å²) in [7, 11) is 2.09. The van der Waals surface area contributed by atoms with Gasteiger partial charge in [0, 0.05) is 30.1 Å². The van der Waals surface area contributed by atoms with Crippen LogP contribution < -0.4 is 5.73 Å². The molecule has 0 bridgehead atoms. The Morgan fingerprint density at radius 2 is 2.07 bits per heavy atom. The molecule has 14 heavy (non-hydrogen) atoms. The first-order valence-corrected chi connectivity index (χ1v) is 5.25. The van der Waals surface area contributed by atoms with E-state index in [1.165, 1.54) is 5.56 Å². The lowest BCUT2D eigenvalue weighted by Gasteiger charge is -2.15. The molecule has 1 heterocycles. The van der Waals surface area contributed by atoms with Crippen LogP contribution in [0.25, 0.3) is 0 Å². The maximum Gasteiger partial charge on any atom is 0.0441 e. The summed E-state index contributed by atoms with van der Waals surface area (Å²) < 4.78 is 0. The Kier molecular flexibility index (Phi) is 2.77. The van der Waals surface area contributed by atoms with Crippen LogP contribution in [-0.2, 0) is 0 Å². The summed E-state index contributed by atoms with van der Waals surface area (Å²) >= 11 is 6.14. The average molecular weight is 211 g/mol. The van der Waals surface area contributed by atoms with Crippen molar-refractivity contribution >= 4 is 11.6 Å². The van der Waals surface area contributed by atoms with Gasteiger partial charge in [-0.3, -0.25) is 0 Å². The predicted molar refractivity (Wildman–Crippen MR) is 59.7 cm³/mol. The van der Waals surface area contributed by atoms with E-state index < -0.39 is 0 Å². The summed E-state index contributed by atoms with van der Waals surface area (Å²) in [5.74, 6) is 0.383. The minimum Gasteiger partial charge on any atom is -0.326 e. The summed E-state index contributed by atoms with van der Waals surface area (Å²) in [6, 6.07) is 8.19. The number of nitrogens with two attached hydrogens (primary N) is 1. The van der Waals surface area contributed by atoms with Gasteiger partial charge in [-0.15, -0.1) is 0 Å². The molecule has 76 valence electrons. The summed E-state index contributed by atoms with van der Waals surface area (Å²) in [5, 5.41) is 0.836. The van der Waals surface area contributed by atoms with Gasteiger partial charge < -0.3 is 10.6 Å². The molecule has 0 amide bonds. The number of rotatable bonds is 1. The minimum absolute atomic E-state index is 0.208. The average Bonchev–Trinajstić information content (AvgIpc) is 2.46. The topological polar surface area (TPSA) is 29.3 Å². The Morgan fingerprint density at radius 3 is 2.64 bits per heavy atom. The first kappa shape index (κ1) is 9.97. The van der Waals surface area contributed by atoms with Crippen LogP contribution in [0.3, 0.4) is 0 Å². The lowest BCUT2D eigenvalue weighted by Crippen LogP contribution is -2.28. The van der Waals surface area contributed by atoms with E-state index in [1.807, 2.05) is 18.2 Å². The molecule has 1 saturated heterocycles. The van der Waals surface area contributed by atoms with Crippen LogP contribution in [0.5, 0.6) is 0 Å². The molecule has 0 radical (unpaired) electrons. The zero-order valence-corrected chi connectivity index (χ0v) is 9.04. The zero-order chi connectivity index (χ0) is 10.1. The van der Waals surface area contributed by atoms with E-state index in [4.69, 9.17) is 17.3 Å². The molecule has 2 nitrogen and oxygen atoms in total. The van der Waals surface area contributed by atoms with E-state index in [9.17, 15) is 0 Å². The number of halogens is 1. The molecular weight excluding hydrogens is 196 g/mol. The highest BCUT2D eigenvalue weighted by Crippen LogP contribution is 2.30. The summed E-state index contributed by atoms with van der Waals surface area (Å²) in [4.78, 5) is 2.25. The van der Waals surface area contributed by atoms with Gasteiger partial charge in [0.05, 0.1) is 0 Å². The van der Waals surface area contributed by atoms with Crippen LogP contribution in [0.2, 0.25) is 5.02 Å². The highest BCUT2D eigenvalue weighted by Gasteiger charge is 2.30. The largest absolute Gasteiger partial charge is 0.326 e. The fourth-order valence-corrected chi connectivity index (χ4v) is 2.41. The zero-order valence-electron chi connectivity index (χ0n) is 8.28. The number of nitrogens with zero attached hydrogens (tertiary/aromatic N) is 1. The summed E-state index contributed by atoms with van der Waals surface area (Å²) in [5.41, 5.74) is 7.26. The van der Waals surface area contributed by atoms with Crippen molar-refractivity contribution in [2.24, 2.45) is 5.73 Å². The second kappa shape index (κ2) is 3.89. The molecule has 1 aliphatic heterocycles. The van der Waals surface area contributed by atoms with Crippen molar-refractivity contribution in [1.82, 2.24) is 4.90 Å². The maximum absolute atomic E-state index is 6.14. The van der Waals surface area contributed by atoms with Crippen molar-refractivity contribution in [3.8, 4) is 0 Å². The van der Waals surface area contributed by atoms with Gasteiger partial charge in [-0.25, -0.2) is 0 Å². The van der Waals surface area contributed by atoms with Crippen molar-refractivity contribution in [3.05, 3.63) is 34.9 Å². The smallest absolute Gasteiger partial charge is 0.0441 e. The standard InChI is InChI=1S/C11H15ClN2/c1-14-6-9(11(13)7-14)8-4-2-3-5-10(8)12/h2-5,9,11H,6-7,13H2,1H3/t9-,11+/m0/s1. The van der Waals surface area contributed by atoms with Gasteiger partial charge in [0.25, 0.3) is 0 Å². The Bertz CT molecular complexity index is 327. The van der Waals surface area contributed by atoms with Gasteiger partial charge in [-0.05, 0) is 18.7 Å². The number of likely N-dealkylation sites (N-methyl/N-ethyl adjacent to an activating group) is 1. The third-order valence-corrected chi connectivity index (χ3v) is 3.20. The maximum atomic E-state index is 6.14. The molecule has 0 saturated carbocycles. The Labute approximate surface area is 89.7 Å². The van der Waals surface area contributed by atoms with Gasteiger partial charge in [-0.1, -0.05) is 29.8 Å². The Hall–Kier alpha value is -0.570. The fraction of sp³-hybridized carbons (Fsp3) is 0.455. The summed E-state index contributed by atoms with van der Waals surface area (Å²) in [6.07, 6.45) is 0. The van der Waals surface area contributed by atoms with Crippen molar-refractivity contribution in [3.63, 3.8) is 0 Å². The highest BCUT2D eigenvalue weighted by atomic mass is 35.5. The van der Waals surface area contributed by atoms with Gasteiger partial charge in [-0.2, -0.15) is 0 Å². The van der Waals surface area contributed by atoms with E-state index in [0.717, 1.165) is 18.1 Å². The van der Waals surface area contributed by atoms with E-state index in [1.54, 1.807) is 0 Å². The summed E-state index contributed by atoms with van der Waals surface area (Å²) in [6.45, 7) is 1.96. The van der Waals surface area contributed by atoms with Crippen molar-refractivity contribution < 1.29 is 0 Å². The van der Waals surface area contributed by atoms with Crippen molar-refractivity contribution in [2.75, 3.05) is 20.1 Å². The lowest BCUT2D eigenvalue weighted by atomic mass is 9.95. The number of hydrogen-bond acceptors (Lipinski definition) is 2. The SMILES string of the molecule is CN1C[C@@H](N)[C@H](c2ccccc2Cl)C1. The fourth-order valence-electron chi connectivity index (χ4n) is 2.14. The third kappa shape index (κ3) is 1.78. The molecule has 1 aromatic carbocycles. The second-order valence-corrected chi connectivity index (χ2v) is 4.42. The molecule has 1 fully saturated rings. The number of hydrogen-bond donors (Lipinski definition) is 1. The number of likely N-dealkylation sites (tertiary alicyclic amines) is 1. The van der Waals surface area contributed by atoms with Gasteiger partial charge in [0.1, 0.15) is 0 Å². The van der Waals surface area contributed by atoms with E-state index in [-0.39, 0.29) is 6.04 Å². The van der Waals surface area contributed by atoms with Crippen LogP contribution >= 0.6 is 11.6 Å². The van der Waals surface area contributed by atoms with Crippen molar-refractivity contribution in [1.29, 1.82) is 0 Å². The van der Waals surface area contributed by atoms with Gasteiger partial charge >= 0.3 is 0 Å². The van der Waals surface area contributed by atoms with Crippen LogP contribution in [0.4, 0.5) is 0 Å². The normalized spacial score (nSPS) is 28.2. The minimum atomic E-state index is 0.208. The van der Waals surface area contributed by atoms with Crippen LogP contribution in [0.1, 0.15) is 11.5 Å². The lowest BCUT2D eigenvalue weighted by molar-refractivity contribution is 0.407. The number of benzene rings is 1. The molecule has 0 aliphatic carbocycles. The first-order valence-electron chi connectivity index (χ1n) is 4.87. The molecule has 0 aromatic heterocycles. The van der Waals surface area contributed by atoms with E-state index in [0.29, 0.717) is 5.92 Å². The molecular formula is C11H15ClN2. The molecule has 1 aliphatic rings. The van der Waals surface area contributed by atoms with Crippen LogP contribution in [0, 0.1) is 0 Å². The Balaban J connectivity index is 2.27. The predicted octanol–water partition coefficient (Wildman–Crippen LogP) is 1.70. The monoisotopic (exact) mass is 210 g/mol. The molecule has 0 spiro atoms. The molecule has 0 unspecified atom stereocenters. The second-order valence-electron chi connectivity index (χ2n) is 4.01. The van der Waals surface area contributed by atoms with Gasteiger partial charge in [0.15, 0.2) is 0 Å². The molecule has 1 aromatic rings. The quantitative estimate of drug-likeness (QED) is 0.765. The molecule has 3 heteroatoms. The van der Waals surface area contributed by atoms with Crippen LogP contribution in [0.15, 0.2) is 24.3 Å². The molecule has 2 N–H and O–H groups in total. The molecule has 2 atom stereocenters. The first-order chi connectivity index (χ1) is 6.68. The van der Waals surface area contributed by atoms with E-state index >= 15 is 0 Å². The van der Waals surface area contributed by atoms with E-state index in [2.05, 4.69) is 18.0 Å². The third-order valence-electron chi connectivity index (χ3n) is 2.85.